The summed E-state index contributed by atoms with van der Waals surface area (Å²) in [6.45, 7) is 4.62. The van der Waals surface area contributed by atoms with Crippen molar-refractivity contribution >= 4 is 16.8 Å². The highest BCUT2D eigenvalue weighted by Gasteiger charge is 2.05. The van der Waals surface area contributed by atoms with Gasteiger partial charge in [0.2, 0.25) is 5.91 Å². The van der Waals surface area contributed by atoms with Crippen molar-refractivity contribution in [2.24, 2.45) is 5.73 Å². The molecule has 0 atom stereocenters. The molecule has 4 nitrogen and oxygen atoms in total. The van der Waals surface area contributed by atoms with Crippen molar-refractivity contribution in [1.82, 2.24) is 4.57 Å². The van der Waals surface area contributed by atoms with Crippen LogP contribution in [0.15, 0.2) is 30.5 Å². The van der Waals surface area contributed by atoms with Crippen LogP contribution >= 0.6 is 0 Å². The lowest BCUT2D eigenvalue weighted by Crippen LogP contribution is -2.13. The van der Waals surface area contributed by atoms with Gasteiger partial charge in [0.1, 0.15) is 5.75 Å². The highest BCUT2D eigenvalue weighted by Crippen LogP contribution is 2.23. The number of rotatable bonds is 5. The van der Waals surface area contributed by atoms with E-state index < -0.39 is 0 Å². The van der Waals surface area contributed by atoms with Crippen molar-refractivity contribution in [1.29, 1.82) is 0 Å². The van der Waals surface area contributed by atoms with Crippen LogP contribution in [0.3, 0.4) is 0 Å². The van der Waals surface area contributed by atoms with Gasteiger partial charge in [-0.3, -0.25) is 4.79 Å². The van der Waals surface area contributed by atoms with Gasteiger partial charge < -0.3 is 15.0 Å². The van der Waals surface area contributed by atoms with Gasteiger partial charge in [0.15, 0.2) is 0 Å². The number of fused-ring (bicyclic) bond motifs is 1. The standard InChI is InChI=1S/C14H18N2O2/c1-10(2)18-12-3-4-13-11(9-12)5-7-16(13)8-6-14(15)17/h3-5,7,9-10H,6,8H2,1-2H3,(H2,15,17). The molecule has 0 unspecified atom stereocenters. The topological polar surface area (TPSA) is 57.2 Å². The van der Waals surface area contributed by atoms with Gasteiger partial charge in [-0.05, 0) is 38.1 Å². The molecule has 0 bridgehead atoms. The number of hydrogen-bond acceptors (Lipinski definition) is 2. The number of carbonyl (C=O) groups is 1. The molecule has 0 aliphatic rings. The maximum Gasteiger partial charge on any atom is 0.219 e. The van der Waals surface area contributed by atoms with E-state index in [9.17, 15) is 4.79 Å². The second-order valence-electron chi connectivity index (χ2n) is 4.61. The molecule has 0 aliphatic heterocycles. The summed E-state index contributed by atoms with van der Waals surface area (Å²) < 4.78 is 7.67. The van der Waals surface area contributed by atoms with Crippen molar-refractivity contribution in [3.63, 3.8) is 0 Å². The Bertz CT molecular complexity index is 558. The fraction of sp³-hybridized carbons (Fsp3) is 0.357. The minimum absolute atomic E-state index is 0.166. The van der Waals surface area contributed by atoms with Crippen LogP contribution in [0, 0.1) is 0 Å². The average molecular weight is 246 g/mol. The maximum absolute atomic E-state index is 10.8. The minimum Gasteiger partial charge on any atom is -0.491 e. The zero-order chi connectivity index (χ0) is 13.1. The minimum atomic E-state index is -0.281. The number of benzene rings is 1. The molecule has 2 rings (SSSR count). The monoisotopic (exact) mass is 246 g/mol. The van der Waals surface area contributed by atoms with E-state index >= 15 is 0 Å². The lowest BCUT2D eigenvalue weighted by atomic mass is 10.2. The van der Waals surface area contributed by atoms with Crippen LogP contribution in [0.4, 0.5) is 0 Å². The van der Waals surface area contributed by atoms with Gasteiger partial charge in [0.05, 0.1) is 6.10 Å². The van der Waals surface area contributed by atoms with Gasteiger partial charge in [-0.2, -0.15) is 0 Å². The number of hydrogen-bond donors (Lipinski definition) is 1. The maximum atomic E-state index is 10.8. The first-order valence-electron chi connectivity index (χ1n) is 6.10. The second kappa shape index (κ2) is 5.12. The summed E-state index contributed by atoms with van der Waals surface area (Å²) in [4.78, 5) is 10.8. The van der Waals surface area contributed by atoms with Crippen LogP contribution in [0.25, 0.3) is 10.9 Å². The lowest BCUT2D eigenvalue weighted by molar-refractivity contribution is -0.118. The van der Waals surface area contributed by atoms with E-state index in [1.54, 1.807) is 0 Å². The van der Waals surface area contributed by atoms with Crippen LogP contribution in [-0.2, 0) is 11.3 Å². The van der Waals surface area contributed by atoms with Crippen molar-refractivity contribution < 1.29 is 9.53 Å². The summed E-state index contributed by atoms with van der Waals surface area (Å²) in [5, 5.41) is 1.11. The summed E-state index contributed by atoms with van der Waals surface area (Å²) in [5.41, 5.74) is 6.25. The quantitative estimate of drug-likeness (QED) is 0.880. The Morgan fingerprint density at radius 1 is 1.39 bits per heavy atom. The molecule has 1 aromatic carbocycles. The molecule has 1 heterocycles. The number of nitrogens with zero attached hydrogens (tertiary/aromatic N) is 1. The molecular formula is C14H18N2O2. The largest absolute Gasteiger partial charge is 0.491 e. The summed E-state index contributed by atoms with van der Waals surface area (Å²) in [5.74, 6) is 0.585. The number of aryl methyl sites for hydroxylation is 1. The summed E-state index contributed by atoms with van der Waals surface area (Å²) in [6.07, 6.45) is 2.49. The molecule has 18 heavy (non-hydrogen) atoms. The third-order valence-electron chi connectivity index (χ3n) is 2.71. The summed E-state index contributed by atoms with van der Waals surface area (Å²) in [7, 11) is 0. The molecule has 0 spiro atoms. The zero-order valence-corrected chi connectivity index (χ0v) is 10.7. The van der Waals surface area contributed by atoms with Gasteiger partial charge in [-0.25, -0.2) is 0 Å². The molecule has 0 fully saturated rings. The van der Waals surface area contributed by atoms with Gasteiger partial charge in [0, 0.05) is 30.1 Å². The van der Waals surface area contributed by atoms with E-state index in [1.807, 2.05) is 48.9 Å². The fourth-order valence-corrected chi connectivity index (χ4v) is 1.95. The predicted molar refractivity (Wildman–Crippen MR) is 71.5 cm³/mol. The van der Waals surface area contributed by atoms with E-state index in [-0.39, 0.29) is 12.0 Å². The highest BCUT2D eigenvalue weighted by molar-refractivity contribution is 5.82. The van der Waals surface area contributed by atoms with E-state index in [0.717, 1.165) is 16.7 Å². The first-order chi connectivity index (χ1) is 8.56. The number of nitrogens with two attached hydrogens (primary N) is 1. The van der Waals surface area contributed by atoms with Crippen LogP contribution in [0.2, 0.25) is 0 Å². The van der Waals surface area contributed by atoms with E-state index in [4.69, 9.17) is 10.5 Å². The highest BCUT2D eigenvalue weighted by atomic mass is 16.5. The fourth-order valence-electron chi connectivity index (χ4n) is 1.95. The Balaban J connectivity index is 2.23. The average Bonchev–Trinajstić information content (AvgIpc) is 2.68. The third kappa shape index (κ3) is 2.83. The van der Waals surface area contributed by atoms with Crippen molar-refractivity contribution in [2.45, 2.75) is 32.9 Å². The molecule has 1 aromatic heterocycles. The first-order valence-corrected chi connectivity index (χ1v) is 6.10. The molecule has 0 aliphatic carbocycles. The Morgan fingerprint density at radius 2 is 2.17 bits per heavy atom. The molecule has 0 saturated carbocycles. The van der Waals surface area contributed by atoms with Gasteiger partial charge in [0.25, 0.3) is 0 Å². The van der Waals surface area contributed by atoms with Crippen LogP contribution < -0.4 is 10.5 Å². The molecule has 2 N–H and O–H groups in total. The Hall–Kier alpha value is -1.97. The van der Waals surface area contributed by atoms with E-state index in [2.05, 4.69) is 0 Å². The van der Waals surface area contributed by atoms with Crippen LogP contribution in [0.1, 0.15) is 20.3 Å². The Kier molecular flexibility index (Phi) is 3.55. The second-order valence-corrected chi connectivity index (χ2v) is 4.61. The smallest absolute Gasteiger partial charge is 0.219 e. The van der Waals surface area contributed by atoms with Gasteiger partial charge >= 0.3 is 0 Å². The molecule has 4 heteroatoms. The molecule has 96 valence electrons. The Labute approximate surface area is 106 Å². The molecular weight excluding hydrogens is 228 g/mol. The van der Waals surface area contributed by atoms with Crippen LogP contribution in [-0.4, -0.2) is 16.6 Å². The first kappa shape index (κ1) is 12.5. The third-order valence-corrected chi connectivity index (χ3v) is 2.71. The molecule has 0 radical (unpaired) electrons. The van der Waals surface area contributed by atoms with E-state index in [1.165, 1.54) is 0 Å². The van der Waals surface area contributed by atoms with E-state index in [0.29, 0.717) is 13.0 Å². The molecule has 2 aromatic rings. The molecule has 1 amide bonds. The predicted octanol–water partition coefficient (Wildman–Crippen LogP) is 2.30. The lowest BCUT2D eigenvalue weighted by Gasteiger charge is -2.10. The van der Waals surface area contributed by atoms with Gasteiger partial charge in [-0.15, -0.1) is 0 Å². The summed E-state index contributed by atoms with van der Waals surface area (Å²) in [6, 6.07) is 7.98. The number of primary amides is 1. The number of ether oxygens (including phenoxy) is 1. The van der Waals surface area contributed by atoms with Crippen molar-refractivity contribution in [3.8, 4) is 5.75 Å². The van der Waals surface area contributed by atoms with Crippen molar-refractivity contribution in [2.75, 3.05) is 0 Å². The number of carbonyl (C=O) groups excluding carboxylic acids is 1. The SMILES string of the molecule is CC(C)Oc1ccc2c(ccn2CCC(N)=O)c1. The zero-order valence-electron chi connectivity index (χ0n) is 10.7. The Morgan fingerprint density at radius 3 is 2.83 bits per heavy atom. The van der Waals surface area contributed by atoms with Gasteiger partial charge in [-0.1, -0.05) is 0 Å². The number of amides is 1. The summed E-state index contributed by atoms with van der Waals surface area (Å²) >= 11 is 0. The molecule has 0 saturated heterocycles. The number of aromatic nitrogens is 1. The normalized spacial score (nSPS) is 11.1. The van der Waals surface area contributed by atoms with Crippen LogP contribution in [0.5, 0.6) is 5.75 Å². The van der Waals surface area contributed by atoms with Crippen molar-refractivity contribution in [3.05, 3.63) is 30.5 Å².